The molecular formula is C26H23ClN6O3. The number of amides is 2. The Morgan fingerprint density at radius 1 is 1.03 bits per heavy atom. The maximum atomic E-state index is 13.3. The van der Waals surface area contributed by atoms with Crippen molar-refractivity contribution in [3.05, 3.63) is 89.1 Å². The van der Waals surface area contributed by atoms with Gasteiger partial charge in [-0.25, -0.2) is 9.67 Å². The van der Waals surface area contributed by atoms with Crippen LogP contribution < -0.4 is 16.4 Å². The summed E-state index contributed by atoms with van der Waals surface area (Å²) in [7, 11) is 0. The molecule has 9 nitrogen and oxygen atoms in total. The number of nitrogens with two attached hydrogens (primary N) is 1. The number of hydrogen-bond acceptors (Lipinski definition) is 6. The van der Waals surface area contributed by atoms with Crippen LogP contribution in [0.15, 0.2) is 72.8 Å². The predicted octanol–water partition coefficient (Wildman–Crippen LogP) is 3.94. The van der Waals surface area contributed by atoms with Gasteiger partial charge in [0.05, 0.1) is 40.7 Å². The number of carbonyl (C=O) groups is 2. The van der Waals surface area contributed by atoms with Crippen molar-refractivity contribution in [2.45, 2.75) is 12.5 Å². The number of anilines is 2. The Kier molecular flexibility index (Phi) is 6.17. The van der Waals surface area contributed by atoms with Gasteiger partial charge in [0.1, 0.15) is 11.6 Å². The van der Waals surface area contributed by atoms with Gasteiger partial charge in [-0.1, -0.05) is 41.9 Å². The number of nitrogens with one attached hydrogen (secondary N) is 2. The van der Waals surface area contributed by atoms with Gasteiger partial charge in [-0.05, 0) is 43.3 Å². The molecule has 1 aliphatic rings. The van der Waals surface area contributed by atoms with Gasteiger partial charge >= 0.3 is 0 Å². The second-order valence-corrected chi connectivity index (χ2v) is 9.17. The molecule has 0 unspecified atom stereocenters. The minimum Gasteiger partial charge on any atom is -0.384 e. The predicted molar refractivity (Wildman–Crippen MR) is 137 cm³/mol. The number of nitrogen functional groups attached to an aromatic ring is 1. The van der Waals surface area contributed by atoms with E-state index in [1.165, 1.54) is 10.7 Å². The molecule has 4 N–H and O–H groups in total. The number of hydrogen-bond donors (Lipinski definition) is 3. The second-order valence-electron chi connectivity index (χ2n) is 8.77. The second kappa shape index (κ2) is 9.44. The standard InChI is InChI=1S/C26H23ClN6O3/c1-26(14-36-15-26)31-25(35)21-13-23(33(32-21)17-6-3-2-4-7-17)30-24(34)18-12-16(10-11-19(18)27)20-8-5-9-22(28)29-20/h2-13H,14-15H2,1H3,(H2,28,29)(H,30,34)(H,31,35). The van der Waals surface area contributed by atoms with Gasteiger partial charge in [0, 0.05) is 11.6 Å². The van der Waals surface area contributed by atoms with Crippen molar-refractivity contribution in [2.75, 3.05) is 24.3 Å². The van der Waals surface area contributed by atoms with E-state index in [1.54, 1.807) is 36.4 Å². The lowest BCUT2D eigenvalue weighted by Gasteiger charge is -2.38. The Bertz CT molecular complexity index is 1450. The first-order valence-corrected chi connectivity index (χ1v) is 11.6. The molecule has 182 valence electrons. The zero-order valence-corrected chi connectivity index (χ0v) is 20.1. The van der Waals surface area contributed by atoms with Crippen LogP contribution in [0.25, 0.3) is 16.9 Å². The number of halogens is 1. The maximum absolute atomic E-state index is 13.3. The van der Waals surface area contributed by atoms with Crippen LogP contribution in [0.5, 0.6) is 0 Å². The number of aromatic nitrogens is 3. The molecule has 0 spiro atoms. The lowest BCUT2D eigenvalue weighted by Crippen LogP contribution is -2.59. The molecule has 0 saturated carbocycles. The largest absolute Gasteiger partial charge is 0.384 e. The van der Waals surface area contributed by atoms with Gasteiger partial charge < -0.3 is 21.1 Å². The molecule has 3 heterocycles. The number of rotatable bonds is 6. The van der Waals surface area contributed by atoms with Gasteiger partial charge in [-0.2, -0.15) is 5.10 Å². The summed E-state index contributed by atoms with van der Waals surface area (Å²) in [4.78, 5) is 30.5. The van der Waals surface area contributed by atoms with Crippen molar-refractivity contribution >= 4 is 35.1 Å². The Morgan fingerprint density at radius 3 is 2.50 bits per heavy atom. The summed E-state index contributed by atoms with van der Waals surface area (Å²) in [6, 6.07) is 21.0. The highest BCUT2D eigenvalue weighted by Crippen LogP contribution is 2.26. The van der Waals surface area contributed by atoms with Crippen LogP contribution in [0.2, 0.25) is 5.02 Å². The Balaban J connectivity index is 1.47. The zero-order chi connectivity index (χ0) is 25.3. The lowest BCUT2D eigenvalue weighted by atomic mass is 10.0. The monoisotopic (exact) mass is 502 g/mol. The molecule has 2 amide bonds. The summed E-state index contributed by atoms with van der Waals surface area (Å²) in [5.41, 5.74) is 7.74. The molecule has 0 aliphatic carbocycles. The highest BCUT2D eigenvalue weighted by molar-refractivity contribution is 6.34. The number of nitrogens with zero attached hydrogens (tertiary/aromatic N) is 3. The van der Waals surface area contributed by atoms with Crippen LogP contribution >= 0.6 is 11.6 Å². The Morgan fingerprint density at radius 2 is 1.81 bits per heavy atom. The first-order valence-electron chi connectivity index (χ1n) is 11.2. The Labute approximate surface area is 212 Å². The molecule has 10 heteroatoms. The van der Waals surface area contributed by atoms with Gasteiger partial charge in [-0.3, -0.25) is 9.59 Å². The molecular weight excluding hydrogens is 480 g/mol. The first-order chi connectivity index (χ1) is 17.3. The summed E-state index contributed by atoms with van der Waals surface area (Å²) in [5.74, 6) is -0.142. The normalized spacial score (nSPS) is 14.1. The summed E-state index contributed by atoms with van der Waals surface area (Å²) in [6.45, 7) is 2.76. The van der Waals surface area contributed by atoms with E-state index >= 15 is 0 Å². The fourth-order valence-corrected chi connectivity index (χ4v) is 4.02. The van der Waals surface area contributed by atoms with E-state index in [-0.39, 0.29) is 22.2 Å². The van der Waals surface area contributed by atoms with Crippen molar-refractivity contribution in [3.63, 3.8) is 0 Å². The van der Waals surface area contributed by atoms with Crippen molar-refractivity contribution in [3.8, 4) is 16.9 Å². The van der Waals surface area contributed by atoms with E-state index in [9.17, 15) is 9.59 Å². The first kappa shape index (κ1) is 23.5. The quantitative estimate of drug-likeness (QED) is 0.367. The average Bonchev–Trinajstić information content (AvgIpc) is 3.27. The molecule has 1 saturated heterocycles. The van der Waals surface area contributed by atoms with Crippen molar-refractivity contribution in [2.24, 2.45) is 0 Å². The summed E-state index contributed by atoms with van der Waals surface area (Å²) in [5, 5.41) is 10.5. The van der Waals surface area contributed by atoms with Crippen molar-refractivity contribution < 1.29 is 14.3 Å². The molecule has 1 aliphatic heterocycles. The SMILES string of the molecule is CC1(NC(=O)c2cc(NC(=O)c3cc(-c4cccc(N)n4)ccc3Cl)n(-c3ccccc3)n2)COC1. The van der Waals surface area contributed by atoms with E-state index in [2.05, 4.69) is 20.7 Å². The van der Waals surface area contributed by atoms with Crippen LogP contribution in [0.3, 0.4) is 0 Å². The third-order valence-electron chi connectivity index (χ3n) is 5.72. The minimum atomic E-state index is -0.464. The smallest absolute Gasteiger partial charge is 0.272 e. The Hall–Kier alpha value is -4.21. The van der Waals surface area contributed by atoms with Crippen LogP contribution in [0.1, 0.15) is 27.8 Å². The molecule has 4 aromatic rings. The fourth-order valence-electron chi connectivity index (χ4n) is 3.82. The van der Waals surface area contributed by atoms with Crippen LogP contribution in [-0.4, -0.2) is 45.3 Å². The number of carbonyl (C=O) groups excluding carboxylic acids is 2. The lowest BCUT2D eigenvalue weighted by molar-refractivity contribution is -0.0594. The number of para-hydroxylation sites is 1. The average molecular weight is 503 g/mol. The highest BCUT2D eigenvalue weighted by Gasteiger charge is 2.35. The molecule has 5 rings (SSSR count). The van der Waals surface area contributed by atoms with E-state index in [0.29, 0.717) is 41.8 Å². The van der Waals surface area contributed by atoms with E-state index in [1.807, 2.05) is 37.3 Å². The van der Waals surface area contributed by atoms with Crippen molar-refractivity contribution in [1.82, 2.24) is 20.1 Å². The summed E-state index contributed by atoms with van der Waals surface area (Å²) < 4.78 is 6.72. The highest BCUT2D eigenvalue weighted by atomic mass is 35.5. The molecule has 1 fully saturated rings. The van der Waals surface area contributed by atoms with Gasteiger partial charge in [0.15, 0.2) is 5.69 Å². The summed E-state index contributed by atoms with van der Waals surface area (Å²) in [6.07, 6.45) is 0. The zero-order valence-electron chi connectivity index (χ0n) is 19.4. The van der Waals surface area contributed by atoms with E-state index in [0.717, 1.165) is 0 Å². The van der Waals surface area contributed by atoms with Gasteiger partial charge in [-0.15, -0.1) is 0 Å². The number of ether oxygens (including phenoxy) is 1. The molecule has 36 heavy (non-hydrogen) atoms. The molecule has 0 radical (unpaired) electrons. The van der Waals surface area contributed by atoms with Crippen LogP contribution in [0, 0.1) is 0 Å². The van der Waals surface area contributed by atoms with E-state index < -0.39 is 11.4 Å². The maximum Gasteiger partial charge on any atom is 0.272 e. The summed E-state index contributed by atoms with van der Waals surface area (Å²) >= 11 is 6.38. The van der Waals surface area contributed by atoms with Gasteiger partial charge in [0.25, 0.3) is 11.8 Å². The van der Waals surface area contributed by atoms with Crippen LogP contribution in [0.4, 0.5) is 11.6 Å². The fraction of sp³-hybridized carbons (Fsp3) is 0.154. The molecule has 2 aromatic heterocycles. The van der Waals surface area contributed by atoms with Gasteiger partial charge in [0.2, 0.25) is 0 Å². The topological polar surface area (TPSA) is 124 Å². The molecule has 2 aromatic carbocycles. The van der Waals surface area contributed by atoms with Crippen LogP contribution in [-0.2, 0) is 4.74 Å². The minimum absolute atomic E-state index is 0.158. The third-order valence-corrected chi connectivity index (χ3v) is 6.05. The number of pyridine rings is 1. The number of benzene rings is 2. The third kappa shape index (κ3) is 4.79. The van der Waals surface area contributed by atoms with Crippen molar-refractivity contribution in [1.29, 1.82) is 0 Å². The molecule has 0 bridgehead atoms. The molecule has 0 atom stereocenters. The van der Waals surface area contributed by atoms with E-state index in [4.69, 9.17) is 22.1 Å².